The molecule has 1 aliphatic rings. The van der Waals surface area contributed by atoms with Crippen molar-refractivity contribution >= 4 is 11.7 Å². The molecule has 8 heteroatoms. The van der Waals surface area contributed by atoms with Gasteiger partial charge in [0.15, 0.2) is 0 Å². The lowest BCUT2D eigenvalue weighted by Gasteiger charge is -2.37. The molecule has 0 saturated carbocycles. The molecule has 3 rings (SSSR count). The van der Waals surface area contributed by atoms with Crippen LogP contribution in [0.2, 0.25) is 0 Å². The highest BCUT2D eigenvalue weighted by Gasteiger charge is 2.30. The standard InChI is InChI=1S/C21H25F3N4O/c1-15(2)27-9-11-28(12-10-27)20(29)17-5-3-16(4-6-17)13-25-19-8-7-18(14-26-19)21(22,23)24/h3-8,14-15H,9-13H2,1-2H3,(H,25,26). The van der Waals surface area contributed by atoms with Crippen molar-refractivity contribution < 1.29 is 18.0 Å². The maximum absolute atomic E-state index is 12.7. The molecule has 1 aromatic heterocycles. The Kier molecular flexibility index (Phi) is 6.42. The highest BCUT2D eigenvalue weighted by Crippen LogP contribution is 2.28. The first-order valence-electron chi connectivity index (χ1n) is 9.63. The van der Waals surface area contributed by atoms with Crippen molar-refractivity contribution in [3.8, 4) is 0 Å². The minimum absolute atomic E-state index is 0.0253. The molecule has 0 unspecified atom stereocenters. The lowest BCUT2D eigenvalue weighted by Crippen LogP contribution is -2.50. The van der Waals surface area contributed by atoms with E-state index in [1.165, 1.54) is 6.07 Å². The normalized spacial score (nSPS) is 15.6. The Hall–Kier alpha value is -2.61. The number of halogens is 3. The molecule has 1 fully saturated rings. The lowest BCUT2D eigenvalue weighted by atomic mass is 10.1. The number of benzene rings is 1. The number of rotatable bonds is 5. The summed E-state index contributed by atoms with van der Waals surface area (Å²) < 4.78 is 37.7. The van der Waals surface area contributed by atoms with Crippen LogP contribution in [0.15, 0.2) is 42.6 Å². The van der Waals surface area contributed by atoms with Crippen LogP contribution in [0.4, 0.5) is 19.0 Å². The van der Waals surface area contributed by atoms with E-state index < -0.39 is 11.7 Å². The quantitative estimate of drug-likeness (QED) is 0.819. The number of nitrogens with one attached hydrogen (secondary N) is 1. The van der Waals surface area contributed by atoms with Crippen molar-refractivity contribution in [2.75, 3.05) is 31.5 Å². The fourth-order valence-electron chi connectivity index (χ4n) is 3.25. The average Bonchev–Trinajstić information content (AvgIpc) is 2.72. The molecule has 29 heavy (non-hydrogen) atoms. The van der Waals surface area contributed by atoms with Gasteiger partial charge in [-0.15, -0.1) is 0 Å². The first-order chi connectivity index (χ1) is 13.7. The fourth-order valence-corrected chi connectivity index (χ4v) is 3.25. The Balaban J connectivity index is 1.53. The summed E-state index contributed by atoms with van der Waals surface area (Å²) in [4.78, 5) is 20.7. The van der Waals surface area contributed by atoms with Crippen LogP contribution in [-0.4, -0.2) is 52.9 Å². The first kappa shape index (κ1) is 21.1. The van der Waals surface area contributed by atoms with Gasteiger partial charge >= 0.3 is 6.18 Å². The van der Waals surface area contributed by atoms with Crippen LogP contribution in [-0.2, 0) is 12.7 Å². The minimum Gasteiger partial charge on any atom is -0.366 e. The highest BCUT2D eigenvalue weighted by atomic mass is 19.4. The van der Waals surface area contributed by atoms with E-state index in [1.54, 1.807) is 12.1 Å². The van der Waals surface area contributed by atoms with E-state index in [0.29, 0.717) is 24.0 Å². The van der Waals surface area contributed by atoms with Crippen molar-refractivity contribution in [1.82, 2.24) is 14.8 Å². The molecule has 156 valence electrons. The predicted molar refractivity (Wildman–Crippen MR) is 106 cm³/mol. The van der Waals surface area contributed by atoms with Gasteiger partial charge in [0.25, 0.3) is 5.91 Å². The van der Waals surface area contributed by atoms with E-state index in [1.807, 2.05) is 17.0 Å². The molecule has 1 N–H and O–H groups in total. The highest BCUT2D eigenvalue weighted by molar-refractivity contribution is 5.94. The maximum atomic E-state index is 12.7. The number of piperazine rings is 1. The predicted octanol–water partition coefficient (Wildman–Crippen LogP) is 3.88. The van der Waals surface area contributed by atoms with Crippen molar-refractivity contribution in [3.05, 3.63) is 59.3 Å². The van der Waals surface area contributed by atoms with Gasteiger partial charge < -0.3 is 10.2 Å². The summed E-state index contributed by atoms with van der Waals surface area (Å²) in [5.41, 5.74) is 0.771. The Morgan fingerprint density at radius 1 is 1.07 bits per heavy atom. The summed E-state index contributed by atoms with van der Waals surface area (Å²) in [6.45, 7) is 7.92. The van der Waals surface area contributed by atoms with E-state index in [4.69, 9.17) is 0 Å². The zero-order valence-corrected chi connectivity index (χ0v) is 16.5. The number of carbonyl (C=O) groups excluding carboxylic acids is 1. The van der Waals surface area contributed by atoms with Gasteiger partial charge in [-0.3, -0.25) is 9.69 Å². The number of aromatic nitrogens is 1. The lowest BCUT2D eigenvalue weighted by molar-refractivity contribution is -0.137. The molecular formula is C21H25F3N4O. The van der Waals surface area contributed by atoms with Gasteiger partial charge in [0.1, 0.15) is 5.82 Å². The summed E-state index contributed by atoms with van der Waals surface area (Å²) in [6.07, 6.45) is -3.58. The summed E-state index contributed by atoms with van der Waals surface area (Å²) in [6, 6.07) is 10.0. The molecule has 2 heterocycles. The van der Waals surface area contributed by atoms with Crippen molar-refractivity contribution in [2.45, 2.75) is 32.6 Å². The third-order valence-electron chi connectivity index (χ3n) is 5.10. The first-order valence-corrected chi connectivity index (χ1v) is 9.63. The molecule has 0 radical (unpaired) electrons. The zero-order valence-electron chi connectivity index (χ0n) is 16.5. The maximum Gasteiger partial charge on any atom is 0.417 e. The van der Waals surface area contributed by atoms with Crippen LogP contribution >= 0.6 is 0 Å². The van der Waals surface area contributed by atoms with Crippen molar-refractivity contribution in [1.29, 1.82) is 0 Å². The topological polar surface area (TPSA) is 48.5 Å². The molecule has 1 saturated heterocycles. The number of carbonyl (C=O) groups is 1. The summed E-state index contributed by atoms with van der Waals surface area (Å²) >= 11 is 0. The molecule has 0 aliphatic carbocycles. The Morgan fingerprint density at radius 3 is 2.24 bits per heavy atom. The molecule has 1 aliphatic heterocycles. The third-order valence-corrected chi connectivity index (χ3v) is 5.10. The zero-order chi connectivity index (χ0) is 21.0. The molecule has 0 atom stereocenters. The SMILES string of the molecule is CC(C)N1CCN(C(=O)c2ccc(CNc3ccc(C(F)(F)F)cn3)cc2)CC1. The van der Waals surface area contributed by atoms with Gasteiger partial charge in [0, 0.05) is 50.5 Å². The van der Waals surface area contributed by atoms with Gasteiger partial charge in [0.2, 0.25) is 0 Å². The molecule has 0 bridgehead atoms. The molecule has 1 amide bonds. The number of amides is 1. The number of nitrogens with zero attached hydrogens (tertiary/aromatic N) is 3. The van der Waals surface area contributed by atoms with Gasteiger partial charge in [0.05, 0.1) is 5.56 Å². The molecular weight excluding hydrogens is 381 g/mol. The van der Waals surface area contributed by atoms with Gasteiger partial charge in [-0.2, -0.15) is 13.2 Å². The summed E-state index contributed by atoms with van der Waals surface area (Å²) in [5, 5.41) is 2.99. The number of alkyl halides is 3. The van der Waals surface area contributed by atoms with Crippen molar-refractivity contribution in [2.24, 2.45) is 0 Å². The Labute approximate surface area is 168 Å². The van der Waals surface area contributed by atoms with Gasteiger partial charge in [-0.25, -0.2) is 4.98 Å². The minimum atomic E-state index is -4.39. The van der Waals surface area contributed by atoms with Crippen LogP contribution in [0.5, 0.6) is 0 Å². The Morgan fingerprint density at radius 2 is 1.72 bits per heavy atom. The third kappa shape index (κ3) is 5.47. The van der Waals surface area contributed by atoms with E-state index in [-0.39, 0.29) is 5.91 Å². The summed E-state index contributed by atoms with van der Waals surface area (Å²) in [7, 11) is 0. The van der Waals surface area contributed by atoms with Crippen LogP contribution in [0.25, 0.3) is 0 Å². The van der Waals surface area contributed by atoms with E-state index in [9.17, 15) is 18.0 Å². The molecule has 1 aromatic carbocycles. The average molecular weight is 406 g/mol. The van der Waals surface area contributed by atoms with E-state index in [0.717, 1.165) is 44.0 Å². The van der Waals surface area contributed by atoms with Crippen LogP contribution in [0.1, 0.15) is 35.3 Å². The summed E-state index contributed by atoms with van der Waals surface area (Å²) in [5.74, 6) is 0.387. The van der Waals surface area contributed by atoms with Crippen molar-refractivity contribution in [3.63, 3.8) is 0 Å². The van der Waals surface area contributed by atoms with E-state index >= 15 is 0 Å². The van der Waals surface area contributed by atoms with Crippen LogP contribution < -0.4 is 5.32 Å². The monoisotopic (exact) mass is 406 g/mol. The van der Waals surface area contributed by atoms with Gasteiger partial charge in [-0.05, 0) is 43.7 Å². The molecule has 2 aromatic rings. The molecule has 0 spiro atoms. The second-order valence-corrected chi connectivity index (χ2v) is 7.40. The van der Waals surface area contributed by atoms with Crippen LogP contribution in [0.3, 0.4) is 0 Å². The van der Waals surface area contributed by atoms with Gasteiger partial charge in [-0.1, -0.05) is 12.1 Å². The number of hydrogen-bond acceptors (Lipinski definition) is 4. The smallest absolute Gasteiger partial charge is 0.366 e. The van der Waals surface area contributed by atoms with E-state index in [2.05, 4.69) is 29.0 Å². The fraction of sp³-hybridized carbons (Fsp3) is 0.429. The second-order valence-electron chi connectivity index (χ2n) is 7.40. The number of hydrogen-bond donors (Lipinski definition) is 1. The number of anilines is 1. The van der Waals surface area contributed by atoms with Crippen LogP contribution in [0, 0.1) is 0 Å². The largest absolute Gasteiger partial charge is 0.417 e. The number of pyridine rings is 1. The second kappa shape index (κ2) is 8.82. The Bertz CT molecular complexity index is 811. The molecule has 5 nitrogen and oxygen atoms in total.